The quantitative estimate of drug-likeness (QED) is 0.387. The predicted octanol–water partition coefficient (Wildman–Crippen LogP) is 2.24. The summed E-state index contributed by atoms with van der Waals surface area (Å²) in [6.07, 6.45) is 5.10. The maximum absolute atomic E-state index is 9.97. The molecule has 0 aliphatic heterocycles. The monoisotopic (exact) mass is 193 g/mol. The fourth-order valence-corrected chi connectivity index (χ4v) is 4.17. The molecular weight excluding hydrogens is 178 g/mol. The van der Waals surface area contributed by atoms with E-state index < -0.39 is 0 Å². The van der Waals surface area contributed by atoms with Crippen molar-refractivity contribution in [2.75, 3.05) is 0 Å². The van der Waals surface area contributed by atoms with Crippen molar-refractivity contribution in [1.82, 2.24) is 0 Å². The summed E-state index contributed by atoms with van der Waals surface area (Å²) in [4.78, 5) is 2.99. The summed E-state index contributed by atoms with van der Waals surface area (Å²) in [7, 11) is 0. The van der Waals surface area contributed by atoms with Gasteiger partial charge in [-0.05, 0) is 55.4 Å². The van der Waals surface area contributed by atoms with Crippen LogP contribution in [0.25, 0.3) is 10.4 Å². The normalized spacial score (nSPS) is 54.4. The second-order valence-corrected chi connectivity index (χ2v) is 5.37. The first-order valence-corrected chi connectivity index (χ1v) is 5.47. The second kappa shape index (κ2) is 2.65. The van der Waals surface area contributed by atoms with Crippen LogP contribution in [-0.4, -0.2) is 16.7 Å². The molecule has 4 bridgehead atoms. The molecule has 0 aromatic carbocycles. The number of rotatable bonds is 1. The van der Waals surface area contributed by atoms with Crippen LogP contribution in [0.5, 0.6) is 0 Å². The highest BCUT2D eigenvalue weighted by Gasteiger charge is 2.54. The van der Waals surface area contributed by atoms with Crippen LogP contribution < -0.4 is 0 Å². The third-order valence-electron chi connectivity index (χ3n) is 4.45. The number of azide groups is 1. The summed E-state index contributed by atoms with van der Waals surface area (Å²) in [6, 6.07) is 0. The Bertz CT molecular complexity index is 294. The van der Waals surface area contributed by atoms with Gasteiger partial charge in [0.15, 0.2) is 0 Å². The fraction of sp³-hybridized carbons (Fsp3) is 1.00. The summed E-state index contributed by atoms with van der Waals surface area (Å²) in [5, 5.41) is 14.0. The molecule has 1 N–H and O–H groups in total. The maximum Gasteiger partial charge on any atom is 0.0597 e. The lowest BCUT2D eigenvalue weighted by Crippen LogP contribution is -2.55. The van der Waals surface area contributed by atoms with E-state index in [4.69, 9.17) is 5.53 Å². The first-order valence-electron chi connectivity index (χ1n) is 5.47. The van der Waals surface area contributed by atoms with E-state index in [2.05, 4.69) is 10.0 Å². The van der Waals surface area contributed by atoms with Gasteiger partial charge in [0, 0.05) is 10.5 Å². The van der Waals surface area contributed by atoms with Gasteiger partial charge in [0.05, 0.1) is 6.10 Å². The molecule has 4 fully saturated rings. The molecule has 4 saturated carbocycles. The van der Waals surface area contributed by atoms with E-state index in [1.165, 1.54) is 0 Å². The number of hydrogen-bond donors (Lipinski definition) is 1. The lowest BCUT2D eigenvalue weighted by atomic mass is 9.52. The molecular formula is C10H15N3O. The Morgan fingerprint density at radius 3 is 2.43 bits per heavy atom. The van der Waals surface area contributed by atoms with Crippen molar-refractivity contribution in [3.63, 3.8) is 0 Å². The van der Waals surface area contributed by atoms with Gasteiger partial charge in [-0.3, -0.25) is 0 Å². The molecule has 4 heteroatoms. The molecule has 4 aliphatic carbocycles. The minimum atomic E-state index is -0.121. The molecule has 0 heterocycles. The highest BCUT2D eigenvalue weighted by Crippen LogP contribution is 2.57. The van der Waals surface area contributed by atoms with Gasteiger partial charge in [-0.25, -0.2) is 0 Å². The van der Waals surface area contributed by atoms with Crippen molar-refractivity contribution in [2.24, 2.45) is 22.9 Å². The van der Waals surface area contributed by atoms with Crippen molar-refractivity contribution in [3.05, 3.63) is 10.4 Å². The average Bonchev–Trinajstić information content (AvgIpc) is 2.12. The van der Waals surface area contributed by atoms with Crippen molar-refractivity contribution >= 4 is 0 Å². The van der Waals surface area contributed by atoms with E-state index in [0.717, 1.165) is 32.1 Å². The first-order chi connectivity index (χ1) is 6.72. The molecule has 0 amide bonds. The highest BCUT2D eigenvalue weighted by atomic mass is 16.3. The van der Waals surface area contributed by atoms with E-state index in [1.807, 2.05) is 0 Å². The van der Waals surface area contributed by atoms with E-state index in [0.29, 0.717) is 17.8 Å². The second-order valence-electron chi connectivity index (χ2n) is 5.37. The third-order valence-corrected chi connectivity index (χ3v) is 4.45. The minimum absolute atomic E-state index is 0.117. The van der Waals surface area contributed by atoms with Gasteiger partial charge in [0.1, 0.15) is 0 Å². The Labute approximate surface area is 82.9 Å². The van der Waals surface area contributed by atoms with Gasteiger partial charge < -0.3 is 5.11 Å². The fourth-order valence-electron chi connectivity index (χ4n) is 4.17. The molecule has 4 rings (SSSR count). The van der Waals surface area contributed by atoms with Crippen LogP contribution in [0.15, 0.2) is 5.11 Å². The Morgan fingerprint density at radius 2 is 1.86 bits per heavy atom. The maximum atomic E-state index is 9.97. The largest absolute Gasteiger partial charge is 0.393 e. The highest BCUT2D eigenvalue weighted by molar-refractivity contribution is 5.09. The van der Waals surface area contributed by atoms with Crippen LogP contribution >= 0.6 is 0 Å². The van der Waals surface area contributed by atoms with E-state index in [-0.39, 0.29) is 11.6 Å². The van der Waals surface area contributed by atoms with Gasteiger partial charge >= 0.3 is 0 Å². The molecule has 0 saturated heterocycles. The van der Waals surface area contributed by atoms with E-state index in [1.54, 1.807) is 0 Å². The van der Waals surface area contributed by atoms with E-state index in [9.17, 15) is 5.11 Å². The molecule has 0 spiro atoms. The Hall–Kier alpha value is -0.730. The summed E-state index contributed by atoms with van der Waals surface area (Å²) >= 11 is 0. The van der Waals surface area contributed by atoms with Gasteiger partial charge in [0.25, 0.3) is 0 Å². The molecule has 14 heavy (non-hydrogen) atoms. The molecule has 3 unspecified atom stereocenters. The summed E-state index contributed by atoms with van der Waals surface area (Å²) < 4.78 is 0. The number of aliphatic hydroxyl groups excluding tert-OH is 1. The summed E-state index contributed by atoms with van der Waals surface area (Å²) in [5.74, 6) is 1.53. The Morgan fingerprint density at radius 1 is 1.21 bits per heavy atom. The summed E-state index contributed by atoms with van der Waals surface area (Å²) in [5.41, 5.74) is 8.47. The number of nitrogens with zero attached hydrogens (tertiary/aromatic N) is 3. The van der Waals surface area contributed by atoms with Gasteiger partial charge in [-0.15, -0.1) is 0 Å². The number of aliphatic hydroxyl groups is 1. The molecule has 5 atom stereocenters. The van der Waals surface area contributed by atoms with Crippen molar-refractivity contribution < 1.29 is 5.11 Å². The number of hydrogen-bond acceptors (Lipinski definition) is 2. The van der Waals surface area contributed by atoms with E-state index >= 15 is 0 Å². The van der Waals surface area contributed by atoms with Crippen molar-refractivity contribution in [3.8, 4) is 0 Å². The third kappa shape index (κ3) is 1.01. The topological polar surface area (TPSA) is 69.0 Å². The zero-order chi connectivity index (χ0) is 9.76. The van der Waals surface area contributed by atoms with Crippen LogP contribution in [0.3, 0.4) is 0 Å². The zero-order valence-electron chi connectivity index (χ0n) is 8.13. The van der Waals surface area contributed by atoms with Gasteiger partial charge in [-0.1, -0.05) is 5.11 Å². The van der Waals surface area contributed by atoms with Crippen LogP contribution in [0.1, 0.15) is 32.1 Å². The SMILES string of the molecule is [N-]=[N+]=NC12CC3C[C@H](C1)C(O)[C@@H](C3)C2. The van der Waals surface area contributed by atoms with Crippen LogP contribution in [-0.2, 0) is 0 Å². The lowest BCUT2D eigenvalue weighted by Gasteiger charge is -2.56. The predicted molar refractivity (Wildman–Crippen MR) is 51.4 cm³/mol. The molecule has 76 valence electrons. The van der Waals surface area contributed by atoms with Crippen LogP contribution in [0.4, 0.5) is 0 Å². The molecule has 4 nitrogen and oxygen atoms in total. The van der Waals surface area contributed by atoms with Crippen LogP contribution in [0.2, 0.25) is 0 Å². The lowest BCUT2D eigenvalue weighted by molar-refractivity contribution is -0.101. The van der Waals surface area contributed by atoms with Gasteiger partial charge in [0.2, 0.25) is 0 Å². The van der Waals surface area contributed by atoms with Crippen molar-refractivity contribution in [2.45, 2.75) is 43.7 Å². The Kier molecular flexibility index (Phi) is 1.62. The summed E-state index contributed by atoms with van der Waals surface area (Å²) in [6.45, 7) is 0. The average molecular weight is 193 g/mol. The Balaban J connectivity index is 1.96. The van der Waals surface area contributed by atoms with Gasteiger partial charge in [-0.2, -0.15) is 0 Å². The van der Waals surface area contributed by atoms with Crippen molar-refractivity contribution in [1.29, 1.82) is 0 Å². The standard InChI is InChI=1S/C10H15N3O/c11-13-12-10-3-6-1-7(4-10)9(14)8(2-6)5-10/h6-9,14H,1-5H2/t6?,7-,8+,9?,10?. The van der Waals surface area contributed by atoms with Crippen LogP contribution in [0, 0.1) is 17.8 Å². The molecule has 4 aliphatic rings. The minimum Gasteiger partial charge on any atom is -0.393 e. The zero-order valence-corrected chi connectivity index (χ0v) is 8.13. The molecule has 0 radical (unpaired) electrons. The molecule has 0 aromatic heterocycles. The smallest absolute Gasteiger partial charge is 0.0597 e. The molecule has 0 aromatic rings. The first kappa shape index (κ1) is 8.57.